The molecule has 0 bridgehead atoms. The molecule has 0 aliphatic heterocycles. The molecule has 110 valence electrons. The number of rotatable bonds is 4. The Morgan fingerprint density at radius 1 is 0.950 bits per heavy atom. The third-order valence-electron chi connectivity index (χ3n) is 5.41. The van der Waals surface area contributed by atoms with Gasteiger partial charge in [0.05, 0.1) is 0 Å². The van der Waals surface area contributed by atoms with E-state index in [2.05, 4.69) is 16.9 Å². The van der Waals surface area contributed by atoms with Crippen molar-refractivity contribution in [2.45, 2.75) is 70.4 Å². The van der Waals surface area contributed by atoms with Crippen LogP contribution < -0.4 is 0 Å². The molecule has 0 aromatic rings. The summed E-state index contributed by atoms with van der Waals surface area (Å²) in [6.07, 6.45) is 13.5. The van der Waals surface area contributed by atoms with Crippen molar-refractivity contribution in [2.75, 3.05) is 0 Å². The molecule has 2 aliphatic rings. The number of hydrogen-bond donors (Lipinski definition) is 0. The first-order chi connectivity index (χ1) is 9.73. The molecule has 2 aliphatic carbocycles. The molecule has 0 aromatic heterocycles. The lowest BCUT2D eigenvalue weighted by molar-refractivity contribution is 0.0891. The van der Waals surface area contributed by atoms with E-state index < -0.39 is 5.66 Å². The third-order valence-corrected chi connectivity index (χ3v) is 5.41. The van der Waals surface area contributed by atoms with Crippen molar-refractivity contribution in [2.24, 2.45) is 27.7 Å². The van der Waals surface area contributed by atoms with Gasteiger partial charge in [-0.2, -0.15) is 9.98 Å². The molecule has 2 fully saturated rings. The van der Waals surface area contributed by atoms with Crippen molar-refractivity contribution in [1.29, 1.82) is 0 Å². The van der Waals surface area contributed by atoms with Crippen molar-refractivity contribution in [1.82, 2.24) is 0 Å². The van der Waals surface area contributed by atoms with Gasteiger partial charge in [0.25, 0.3) is 0 Å². The van der Waals surface area contributed by atoms with Crippen molar-refractivity contribution < 1.29 is 9.59 Å². The van der Waals surface area contributed by atoms with Crippen LogP contribution in [0, 0.1) is 17.8 Å². The lowest BCUT2D eigenvalue weighted by Crippen LogP contribution is -2.43. The molecule has 0 N–H and O–H groups in total. The Bertz CT molecular complexity index is 398. The SMILES string of the molecule is CC(C1CCCCC1)C1CCCCC1(N=C=O)N=C=O. The van der Waals surface area contributed by atoms with Gasteiger partial charge in [0.15, 0.2) is 5.66 Å². The van der Waals surface area contributed by atoms with Gasteiger partial charge in [-0.1, -0.05) is 45.4 Å². The highest BCUT2D eigenvalue weighted by molar-refractivity contribution is 5.39. The lowest BCUT2D eigenvalue weighted by Gasteiger charge is -2.43. The summed E-state index contributed by atoms with van der Waals surface area (Å²) in [6.45, 7) is 2.25. The standard InChI is InChI=1S/C16H24N2O2/c1-13(14-7-3-2-4-8-14)15-9-5-6-10-16(15,17-11-19)18-12-20/h13-15H,2-10H2,1H3. The minimum atomic E-state index is -0.876. The van der Waals surface area contributed by atoms with Gasteiger partial charge in [0.1, 0.15) is 0 Å². The van der Waals surface area contributed by atoms with Gasteiger partial charge in [-0.15, -0.1) is 0 Å². The summed E-state index contributed by atoms with van der Waals surface area (Å²) in [7, 11) is 0. The number of aliphatic imine (C=N–C) groups is 2. The lowest BCUT2D eigenvalue weighted by atomic mass is 9.66. The fourth-order valence-corrected chi connectivity index (χ4v) is 4.30. The van der Waals surface area contributed by atoms with E-state index in [9.17, 15) is 9.59 Å². The van der Waals surface area contributed by atoms with Crippen LogP contribution in [0.5, 0.6) is 0 Å². The van der Waals surface area contributed by atoms with Crippen LogP contribution in [0.25, 0.3) is 0 Å². The van der Waals surface area contributed by atoms with Gasteiger partial charge in [0.2, 0.25) is 12.2 Å². The van der Waals surface area contributed by atoms with Crippen LogP contribution in [0.15, 0.2) is 9.98 Å². The Labute approximate surface area is 120 Å². The van der Waals surface area contributed by atoms with Crippen LogP contribution in [0.4, 0.5) is 0 Å². The van der Waals surface area contributed by atoms with Crippen LogP contribution in [0.1, 0.15) is 64.7 Å². The molecule has 20 heavy (non-hydrogen) atoms. The first-order valence-corrected chi connectivity index (χ1v) is 7.91. The van der Waals surface area contributed by atoms with Gasteiger partial charge >= 0.3 is 0 Å². The van der Waals surface area contributed by atoms with E-state index in [0.29, 0.717) is 18.3 Å². The molecule has 2 atom stereocenters. The number of isocyanates is 2. The predicted octanol–water partition coefficient (Wildman–Crippen LogP) is 3.76. The highest BCUT2D eigenvalue weighted by atomic mass is 16.1. The van der Waals surface area contributed by atoms with Gasteiger partial charge < -0.3 is 0 Å². The van der Waals surface area contributed by atoms with Crippen LogP contribution in [0.3, 0.4) is 0 Å². The molecule has 0 heterocycles. The zero-order valence-corrected chi connectivity index (χ0v) is 12.3. The summed E-state index contributed by atoms with van der Waals surface area (Å²) >= 11 is 0. The summed E-state index contributed by atoms with van der Waals surface area (Å²) in [5.41, 5.74) is -0.876. The summed E-state index contributed by atoms with van der Waals surface area (Å²) in [4.78, 5) is 29.6. The molecule has 2 unspecified atom stereocenters. The second kappa shape index (κ2) is 6.97. The molecular weight excluding hydrogens is 252 g/mol. The molecule has 0 spiro atoms. The molecule has 0 aromatic carbocycles. The maximum Gasteiger partial charge on any atom is 0.237 e. The highest BCUT2D eigenvalue weighted by Gasteiger charge is 2.45. The van der Waals surface area contributed by atoms with Crippen molar-refractivity contribution in [3.63, 3.8) is 0 Å². The normalized spacial score (nSPS) is 32.8. The predicted molar refractivity (Wildman–Crippen MR) is 76.7 cm³/mol. The number of hydrogen-bond acceptors (Lipinski definition) is 4. The third kappa shape index (κ3) is 3.08. The van der Waals surface area contributed by atoms with E-state index in [1.165, 1.54) is 32.1 Å². The molecular formula is C16H24N2O2. The Morgan fingerprint density at radius 3 is 2.15 bits per heavy atom. The topological polar surface area (TPSA) is 58.9 Å². The zero-order chi connectivity index (χ0) is 14.4. The maximum atomic E-state index is 10.8. The second-order valence-electron chi connectivity index (χ2n) is 6.39. The number of carbonyl (C=O) groups excluding carboxylic acids is 2. The van der Waals surface area contributed by atoms with E-state index in [1.807, 2.05) is 0 Å². The zero-order valence-electron chi connectivity index (χ0n) is 12.3. The van der Waals surface area contributed by atoms with Gasteiger partial charge in [-0.25, -0.2) is 9.59 Å². The van der Waals surface area contributed by atoms with E-state index >= 15 is 0 Å². The quantitative estimate of drug-likeness (QED) is 0.580. The van der Waals surface area contributed by atoms with Crippen LogP contribution >= 0.6 is 0 Å². The Kier molecular flexibility index (Phi) is 5.28. The minimum absolute atomic E-state index is 0.183. The molecule has 4 heteroatoms. The van der Waals surface area contributed by atoms with E-state index in [4.69, 9.17) is 0 Å². The molecule has 2 saturated carbocycles. The molecule has 4 nitrogen and oxygen atoms in total. The Balaban J connectivity index is 2.24. The first kappa shape index (κ1) is 15.2. The summed E-state index contributed by atoms with van der Waals surface area (Å²) in [6, 6.07) is 0. The fourth-order valence-electron chi connectivity index (χ4n) is 4.30. The fraction of sp³-hybridized carbons (Fsp3) is 0.875. The Hall–Kier alpha value is -1.24. The van der Waals surface area contributed by atoms with Crippen LogP contribution in [-0.4, -0.2) is 17.8 Å². The maximum absolute atomic E-state index is 10.8. The van der Waals surface area contributed by atoms with Crippen molar-refractivity contribution in [3.8, 4) is 0 Å². The minimum Gasteiger partial charge on any atom is -0.211 e. The van der Waals surface area contributed by atoms with E-state index in [0.717, 1.165) is 19.3 Å². The summed E-state index contributed by atoms with van der Waals surface area (Å²) in [5, 5.41) is 0. The van der Waals surface area contributed by atoms with Crippen molar-refractivity contribution >= 4 is 12.2 Å². The monoisotopic (exact) mass is 276 g/mol. The van der Waals surface area contributed by atoms with Crippen molar-refractivity contribution in [3.05, 3.63) is 0 Å². The molecule has 0 radical (unpaired) electrons. The molecule has 0 amide bonds. The molecule has 0 saturated heterocycles. The van der Waals surface area contributed by atoms with Gasteiger partial charge in [0, 0.05) is 5.92 Å². The number of nitrogens with zero attached hydrogens (tertiary/aromatic N) is 2. The smallest absolute Gasteiger partial charge is 0.211 e. The van der Waals surface area contributed by atoms with Gasteiger partial charge in [-0.3, -0.25) is 0 Å². The van der Waals surface area contributed by atoms with Crippen LogP contribution in [0.2, 0.25) is 0 Å². The Morgan fingerprint density at radius 2 is 1.55 bits per heavy atom. The van der Waals surface area contributed by atoms with Gasteiger partial charge in [-0.05, 0) is 31.1 Å². The average Bonchev–Trinajstić information content (AvgIpc) is 2.48. The largest absolute Gasteiger partial charge is 0.237 e. The van der Waals surface area contributed by atoms with Crippen LogP contribution in [-0.2, 0) is 9.59 Å². The second-order valence-corrected chi connectivity index (χ2v) is 6.39. The average molecular weight is 276 g/mol. The highest BCUT2D eigenvalue weighted by Crippen LogP contribution is 2.46. The molecule has 2 rings (SSSR count). The summed E-state index contributed by atoms with van der Waals surface area (Å²) < 4.78 is 0. The first-order valence-electron chi connectivity index (χ1n) is 7.91. The summed E-state index contributed by atoms with van der Waals surface area (Å²) in [5.74, 6) is 1.31. The van der Waals surface area contributed by atoms with E-state index in [1.54, 1.807) is 12.2 Å². The van der Waals surface area contributed by atoms with E-state index in [-0.39, 0.29) is 5.92 Å².